The summed E-state index contributed by atoms with van der Waals surface area (Å²) in [6.45, 7) is 1.40. The first kappa shape index (κ1) is 16.3. The van der Waals surface area contributed by atoms with Crippen molar-refractivity contribution in [3.63, 3.8) is 0 Å². The van der Waals surface area contributed by atoms with Gasteiger partial charge in [-0.1, -0.05) is 33.9 Å². The third-order valence-corrected chi connectivity index (χ3v) is 4.16. The molecule has 0 radical (unpaired) electrons. The number of nitrogens with one attached hydrogen (secondary N) is 1. The summed E-state index contributed by atoms with van der Waals surface area (Å²) in [6, 6.07) is 4.11. The van der Waals surface area contributed by atoms with E-state index in [0.717, 1.165) is 0 Å². The van der Waals surface area contributed by atoms with Crippen molar-refractivity contribution in [3.8, 4) is 0 Å². The van der Waals surface area contributed by atoms with Crippen LogP contribution in [-0.2, 0) is 4.79 Å². The van der Waals surface area contributed by atoms with E-state index in [1.807, 2.05) is 4.31 Å². The molecule has 1 fully saturated rings. The van der Waals surface area contributed by atoms with Crippen molar-refractivity contribution in [2.45, 2.75) is 12.8 Å². The van der Waals surface area contributed by atoms with E-state index in [2.05, 4.69) is 39.2 Å². The van der Waals surface area contributed by atoms with Crippen molar-refractivity contribution < 1.29 is 14.4 Å². The van der Waals surface area contributed by atoms with E-state index in [4.69, 9.17) is 5.21 Å². The molecule has 0 spiro atoms. The Hall–Kier alpha value is -1.12. The van der Waals surface area contributed by atoms with Gasteiger partial charge in [-0.25, -0.2) is 4.39 Å². The van der Waals surface area contributed by atoms with Crippen LogP contribution in [0.5, 0.6) is 0 Å². The van der Waals surface area contributed by atoms with E-state index in [9.17, 15) is 9.18 Å². The van der Waals surface area contributed by atoms with Gasteiger partial charge in [0.1, 0.15) is 5.82 Å². The number of amidine groups is 1. The highest BCUT2D eigenvalue weighted by molar-refractivity contribution is 9.10. The predicted molar refractivity (Wildman–Crippen MR) is 85.2 cm³/mol. The number of thiol groups is 1. The van der Waals surface area contributed by atoms with Gasteiger partial charge in [0.15, 0.2) is 0 Å². The summed E-state index contributed by atoms with van der Waals surface area (Å²) in [7, 11) is 0. The lowest BCUT2D eigenvalue weighted by Crippen LogP contribution is -2.36. The molecule has 1 aliphatic rings. The van der Waals surface area contributed by atoms with Crippen molar-refractivity contribution >= 4 is 46.1 Å². The Morgan fingerprint density at radius 2 is 2.10 bits per heavy atom. The maximum atomic E-state index is 13.3. The van der Waals surface area contributed by atoms with Gasteiger partial charge in [-0.2, -0.15) is 0 Å². The molecule has 0 atom stereocenters. The number of ketones is 1. The van der Waals surface area contributed by atoms with Gasteiger partial charge >= 0.3 is 0 Å². The first-order valence-electron chi connectivity index (χ1n) is 6.43. The minimum Gasteiger partial charge on any atom is -0.409 e. The quantitative estimate of drug-likeness (QED) is 0.250. The summed E-state index contributed by atoms with van der Waals surface area (Å²) in [5.41, 5.74) is 0.342. The number of anilines is 1. The van der Waals surface area contributed by atoms with Crippen LogP contribution >= 0.6 is 28.7 Å². The number of hydrogen-bond acceptors (Lipinski definition) is 5. The van der Waals surface area contributed by atoms with Gasteiger partial charge in [0, 0.05) is 29.2 Å². The van der Waals surface area contributed by atoms with Crippen LogP contribution in [0.3, 0.4) is 0 Å². The van der Waals surface area contributed by atoms with Crippen LogP contribution in [0.15, 0.2) is 27.8 Å². The Balaban J connectivity index is 2.07. The molecule has 1 aromatic carbocycles. The average Bonchev–Trinajstić information content (AvgIpc) is 2.44. The molecular weight excluding hydrogens is 361 g/mol. The highest BCUT2D eigenvalue weighted by Crippen LogP contribution is 2.22. The molecule has 21 heavy (non-hydrogen) atoms. The second kappa shape index (κ2) is 7.24. The van der Waals surface area contributed by atoms with Crippen LogP contribution in [0.4, 0.5) is 10.1 Å². The molecule has 2 rings (SSSR count). The van der Waals surface area contributed by atoms with E-state index in [0.29, 0.717) is 36.1 Å². The number of oxime groups is 1. The molecule has 0 saturated carbocycles. The normalized spacial score (nSPS) is 17.8. The molecule has 0 aliphatic carbocycles. The van der Waals surface area contributed by atoms with Crippen LogP contribution in [0.1, 0.15) is 12.8 Å². The fourth-order valence-electron chi connectivity index (χ4n) is 2.22. The Bertz CT molecular complexity index is 542. The third-order valence-electron chi connectivity index (χ3n) is 3.30. The van der Waals surface area contributed by atoms with Gasteiger partial charge < -0.3 is 10.5 Å². The minimum atomic E-state index is -0.458. The van der Waals surface area contributed by atoms with Gasteiger partial charge in [0.2, 0.25) is 11.6 Å². The highest BCUT2D eigenvalue weighted by atomic mass is 79.9. The molecule has 5 nitrogen and oxygen atoms in total. The second-order valence-corrected chi connectivity index (χ2v) is 6.31. The fraction of sp³-hybridized carbons (Fsp3) is 0.385. The zero-order valence-electron chi connectivity index (χ0n) is 11.1. The number of benzene rings is 1. The monoisotopic (exact) mass is 375 g/mol. The van der Waals surface area contributed by atoms with E-state index in [1.165, 1.54) is 12.1 Å². The summed E-state index contributed by atoms with van der Waals surface area (Å²) in [5, 5.41) is 14.7. The Morgan fingerprint density at radius 3 is 2.67 bits per heavy atom. The van der Waals surface area contributed by atoms with Gasteiger partial charge in [0.05, 0.1) is 0 Å². The molecule has 2 N–H and O–H groups in total. The number of rotatable bonds is 3. The van der Waals surface area contributed by atoms with Crippen molar-refractivity contribution in [1.29, 1.82) is 0 Å². The molecule has 114 valence electrons. The van der Waals surface area contributed by atoms with Crippen LogP contribution in [0.2, 0.25) is 0 Å². The maximum Gasteiger partial charge on any atom is 0.213 e. The number of hydrogen-bond donors (Lipinski definition) is 3. The van der Waals surface area contributed by atoms with Gasteiger partial charge in [-0.05, 0) is 31.0 Å². The molecule has 0 aromatic heterocycles. The second-order valence-electron chi connectivity index (χ2n) is 4.82. The summed E-state index contributed by atoms with van der Waals surface area (Å²) in [5.74, 6) is -1.13. The SMILES string of the molecule is O=C(/C(=N/O)Nc1cc(F)cc(Br)c1)C1CCN(S)CC1. The third kappa shape index (κ3) is 4.42. The van der Waals surface area contributed by atoms with E-state index in [-0.39, 0.29) is 17.5 Å². The lowest BCUT2D eigenvalue weighted by atomic mass is 9.93. The Labute approximate surface area is 135 Å². The molecule has 1 saturated heterocycles. The summed E-state index contributed by atoms with van der Waals surface area (Å²) < 4.78 is 15.7. The molecule has 1 aromatic rings. The molecule has 8 heteroatoms. The van der Waals surface area contributed by atoms with Crippen LogP contribution in [0, 0.1) is 11.7 Å². The Morgan fingerprint density at radius 1 is 1.43 bits per heavy atom. The van der Waals surface area contributed by atoms with Gasteiger partial charge in [-0.3, -0.25) is 9.10 Å². The standard InChI is InChI=1S/C13H15BrFN3O2S/c14-9-5-10(15)7-11(6-9)16-13(17-20)12(19)8-1-3-18(21)4-2-8/h5-8,20-21H,1-4H2,(H,16,17). The van der Waals surface area contributed by atoms with Gasteiger partial charge in [-0.15, -0.1) is 0 Å². The molecule has 0 unspecified atom stereocenters. The summed E-state index contributed by atoms with van der Waals surface area (Å²) in [6.07, 6.45) is 1.30. The number of halogens is 2. The zero-order valence-corrected chi connectivity index (χ0v) is 13.6. The first-order valence-corrected chi connectivity index (χ1v) is 7.62. The lowest BCUT2D eigenvalue weighted by Gasteiger charge is -2.27. The average molecular weight is 376 g/mol. The number of Topliss-reactive ketones (excluding diaryl/α,β-unsaturated/α-hetero) is 1. The zero-order chi connectivity index (χ0) is 15.4. The largest absolute Gasteiger partial charge is 0.409 e. The summed E-state index contributed by atoms with van der Waals surface area (Å²) in [4.78, 5) is 12.3. The molecule has 0 amide bonds. The van der Waals surface area contributed by atoms with E-state index >= 15 is 0 Å². The molecule has 1 aliphatic heterocycles. The van der Waals surface area contributed by atoms with Crippen LogP contribution in [-0.4, -0.2) is 34.2 Å². The number of nitrogens with zero attached hydrogens (tertiary/aromatic N) is 2. The fourth-order valence-corrected chi connectivity index (χ4v) is 2.92. The predicted octanol–water partition coefficient (Wildman–Crippen LogP) is 2.91. The number of carbonyl (C=O) groups is 1. The topological polar surface area (TPSA) is 64.9 Å². The Kier molecular flexibility index (Phi) is 5.60. The van der Waals surface area contributed by atoms with Crippen LogP contribution in [0.25, 0.3) is 0 Å². The first-order chi connectivity index (χ1) is 9.99. The number of carbonyl (C=O) groups excluding carboxylic acids is 1. The maximum absolute atomic E-state index is 13.3. The van der Waals surface area contributed by atoms with E-state index in [1.54, 1.807) is 6.07 Å². The van der Waals surface area contributed by atoms with Crippen molar-refractivity contribution in [2.75, 3.05) is 18.4 Å². The molecule has 0 bridgehead atoms. The van der Waals surface area contributed by atoms with E-state index < -0.39 is 5.82 Å². The molecule has 1 heterocycles. The number of piperidine rings is 1. The van der Waals surface area contributed by atoms with Crippen molar-refractivity contribution in [2.24, 2.45) is 11.1 Å². The van der Waals surface area contributed by atoms with Gasteiger partial charge in [0.25, 0.3) is 0 Å². The van der Waals surface area contributed by atoms with Crippen molar-refractivity contribution in [1.82, 2.24) is 4.31 Å². The lowest BCUT2D eigenvalue weighted by molar-refractivity contribution is -0.117. The van der Waals surface area contributed by atoms with Crippen LogP contribution < -0.4 is 5.32 Å². The highest BCUT2D eigenvalue weighted by Gasteiger charge is 2.27. The summed E-state index contributed by atoms with van der Waals surface area (Å²) >= 11 is 7.39. The molecular formula is C13H15BrFN3O2S. The van der Waals surface area contributed by atoms with Crippen molar-refractivity contribution in [3.05, 3.63) is 28.5 Å². The minimum absolute atomic E-state index is 0.176. The smallest absolute Gasteiger partial charge is 0.213 e.